The number of carbonyl (C=O) groups is 2. The Hall–Kier alpha value is -4.77. The van der Waals surface area contributed by atoms with Crippen molar-refractivity contribution in [2.75, 3.05) is 0 Å². The average Bonchev–Trinajstić information content (AvgIpc) is 2.81. The first-order chi connectivity index (χ1) is 15.4. The molecule has 3 aromatic carbocycles. The number of benzene rings is 3. The molecule has 0 radical (unpaired) electrons. The van der Waals surface area contributed by atoms with Crippen molar-refractivity contribution >= 4 is 23.5 Å². The topological polar surface area (TPSA) is 131 Å². The van der Waals surface area contributed by atoms with Gasteiger partial charge in [-0.1, -0.05) is 36.4 Å². The predicted octanol–water partition coefficient (Wildman–Crippen LogP) is 4.66. The first kappa shape index (κ1) is 21.9. The molecule has 0 amide bonds. The van der Waals surface area contributed by atoms with Gasteiger partial charge in [-0.3, -0.25) is 14.9 Å². The summed E-state index contributed by atoms with van der Waals surface area (Å²) in [4.78, 5) is 33.8. The maximum atomic E-state index is 12.6. The number of hydrogen-bond donors (Lipinski definition) is 1. The van der Waals surface area contributed by atoms with Crippen LogP contribution in [0, 0.1) is 21.4 Å². The third-order valence-electron chi connectivity index (χ3n) is 4.48. The summed E-state index contributed by atoms with van der Waals surface area (Å²) in [5, 5.41) is 29.2. The highest BCUT2D eigenvalue weighted by atomic mass is 16.6. The minimum Gasteiger partial charge on any atom is -0.489 e. The smallest absolute Gasteiger partial charge is 0.335 e. The Morgan fingerprint density at radius 3 is 2.31 bits per heavy atom. The number of ketones is 1. The third kappa shape index (κ3) is 5.43. The zero-order valence-electron chi connectivity index (χ0n) is 16.6. The second-order valence-electron chi connectivity index (χ2n) is 6.67. The number of nitriles is 1. The van der Waals surface area contributed by atoms with Crippen LogP contribution in [0.3, 0.4) is 0 Å². The number of nitrogens with zero attached hydrogens (tertiary/aromatic N) is 2. The van der Waals surface area contributed by atoms with Crippen LogP contribution in [0.2, 0.25) is 0 Å². The van der Waals surface area contributed by atoms with Gasteiger partial charge in [0.15, 0.2) is 0 Å². The van der Waals surface area contributed by atoms with E-state index in [0.29, 0.717) is 11.3 Å². The number of carboxylic acids is 1. The van der Waals surface area contributed by atoms with Crippen LogP contribution < -0.4 is 4.74 Å². The van der Waals surface area contributed by atoms with Gasteiger partial charge in [0.2, 0.25) is 5.78 Å². The highest BCUT2D eigenvalue weighted by Gasteiger charge is 2.15. The van der Waals surface area contributed by atoms with E-state index in [1.54, 1.807) is 36.4 Å². The number of nitro groups is 1. The van der Waals surface area contributed by atoms with Crippen molar-refractivity contribution in [2.24, 2.45) is 0 Å². The molecule has 0 fully saturated rings. The zero-order valence-corrected chi connectivity index (χ0v) is 16.6. The minimum absolute atomic E-state index is 0.0564. The van der Waals surface area contributed by atoms with E-state index in [4.69, 9.17) is 9.84 Å². The SMILES string of the molecule is N#C/C(=C\c1ccc(OCc2ccc(C(=O)O)cc2)cc1)C(=O)c1cccc([N+](=O)[O-])c1. The van der Waals surface area contributed by atoms with Crippen LogP contribution in [0.1, 0.15) is 31.8 Å². The first-order valence-corrected chi connectivity index (χ1v) is 9.33. The van der Waals surface area contributed by atoms with Crippen LogP contribution >= 0.6 is 0 Å². The van der Waals surface area contributed by atoms with Gasteiger partial charge in [0.1, 0.15) is 24.0 Å². The molecule has 1 N–H and O–H groups in total. The molecule has 158 valence electrons. The second-order valence-corrected chi connectivity index (χ2v) is 6.67. The fourth-order valence-corrected chi connectivity index (χ4v) is 2.80. The number of nitro benzene ring substituents is 1. The lowest BCUT2D eigenvalue weighted by atomic mass is 10.0. The number of rotatable bonds is 8. The Bertz CT molecular complexity index is 1240. The summed E-state index contributed by atoms with van der Waals surface area (Å²) in [7, 11) is 0. The molecule has 3 rings (SSSR count). The van der Waals surface area contributed by atoms with Gasteiger partial charge in [-0.25, -0.2) is 4.79 Å². The summed E-state index contributed by atoms with van der Waals surface area (Å²) in [6, 6.07) is 20.1. The molecule has 0 aliphatic rings. The zero-order chi connectivity index (χ0) is 23.1. The van der Waals surface area contributed by atoms with Gasteiger partial charge in [0, 0.05) is 17.7 Å². The van der Waals surface area contributed by atoms with Crippen molar-refractivity contribution in [2.45, 2.75) is 6.61 Å². The summed E-state index contributed by atoms with van der Waals surface area (Å²) in [6.07, 6.45) is 1.40. The van der Waals surface area contributed by atoms with Crippen molar-refractivity contribution < 1.29 is 24.4 Å². The highest BCUT2D eigenvalue weighted by molar-refractivity contribution is 6.14. The van der Waals surface area contributed by atoms with Crippen molar-refractivity contribution in [3.8, 4) is 11.8 Å². The summed E-state index contributed by atoms with van der Waals surface area (Å²) < 4.78 is 5.67. The third-order valence-corrected chi connectivity index (χ3v) is 4.48. The molecule has 3 aromatic rings. The molecule has 8 heteroatoms. The molecule has 0 aromatic heterocycles. The highest BCUT2D eigenvalue weighted by Crippen LogP contribution is 2.20. The first-order valence-electron chi connectivity index (χ1n) is 9.33. The van der Waals surface area contributed by atoms with Crippen LogP contribution in [0.5, 0.6) is 5.75 Å². The number of ether oxygens (including phenoxy) is 1. The summed E-state index contributed by atoms with van der Waals surface area (Å²) in [6.45, 7) is 0.240. The maximum Gasteiger partial charge on any atom is 0.335 e. The number of Topliss-reactive ketones (excluding diaryl/α,β-unsaturated/α-hetero) is 1. The van der Waals surface area contributed by atoms with Gasteiger partial charge in [-0.2, -0.15) is 5.26 Å². The Morgan fingerprint density at radius 2 is 1.72 bits per heavy atom. The quantitative estimate of drug-likeness (QED) is 0.181. The monoisotopic (exact) mass is 428 g/mol. The summed E-state index contributed by atoms with van der Waals surface area (Å²) in [5.41, 5.74) is 1.25. The van der Waals surface area contributed by atoms with Gasteiger partial charge in [0.05, 0.1) is 10.5 Å². The van der Waals surface area contributed by atoms with Crippen LogP contribution in [0.15, 0.2) is 78.4 Å². The number of non-ortho nitro benzene ring substituents is 1. The fraction of sp³-hybridized carbons (Fsp3) is 0.0417. The molecule has 0 aliphatic carbocycles. The van der Waals surface area contributed by atoms with E-state index in [0.717, 1.165) is 11.6 Å². The molecule has 0 spiro atoms. The molecule has 0 unspecified atom stereocenters. The number of allylic oxidation sites excluding steroid dienone is 1. The molecular formula is C24H16N2O6. The average molecular weight is 428 g/mol. The van der Waals surface area contributed by atoms with Gasteiger partial charge in [0.25, 0.3) is 5.69 Å². The van der Waals surface area contributed by atoms with Gasteiger partial charge < -0.3 is 9.84 Å². The van der Waals surface area contributed by atoms with E-state index in [9.17, 15) is 25.0 Å². The summed E-state index contributed by atoms with van der Waals surface area (Å²) >= 11 is 0. The molecule has 0 aliphatic heterocycles. The van der Waals surface area contributed by atoms with Gasteiger partial charge in [-0.15, -0.1) is 0 Å². The largest absolute Gasteiger partial charge is 0.489 e. The number of aromatic carboxylic acids is 1. The minimum atomic E-state index is -0.998. The van der Waals surface area contributed by atoms with Gasteiger partial charge >= 0.3 is 5.97 Å². The molecule has 8 nitrogen and oxygen atoms in total. The van der Waals surface area contributed by atoms with E-state index in [2.05, 4.69) is 0 Å². The van der Waals surface area contributed by atoms with Crippen molar-refractivity contribution in [3.63, 3.8) is 0 Å². The fourth-order valence-electron chi connectivity index (χ4n) is 2.80. The maximum absolute atomic E-state index is 12.6. The number of carboxylic acid groups (broad SMARTS) is 1. The van der Waals surface area contributed by atoms with E-state index >= 15 is 0 Å². The molecule has 0 saturated heterocycles. The second kappa shape index (κ2) is 9.82. The molecule has 0 bridgehead atoms. The van der Waals surface area contributed by atoms with Crippen molar-refractivity contribution in [1.29, 1.82) is 5.26 Å². The van der Waals surface area contributed by atoms with E-state index in [1.165, 1.54) is 36.4 Å². The number of hydrogen-bond acceptors (Lipinski definition) is 6. The van der Waals surface area contributed by atoms with Crippen LogP contribution in [-0.2, 0) is 6.61 Å². The standard InChI is InChI=1S/C24H16N2O6/c25-14-20(23(27)19-2-1-3-21(13-19)26(30)31)12-16-6-10-22(11-7-16)32-15-17-4-8-18(9-5-17)24(28)29/h1-13H,15H2,(H,28,29)/b20-12+. The molecule has 0 heterocycles. The van der Waals surface area contributed by atoms with Crippen molar-refractivity contribution in [1.82, 2.24) is 0 Å². The Morgan fingerprint density at radius 1 is 1.03 bits per heavy atom. The number of carbonyl (C=O) groups excluding carboxylic acids is 1. The van der Waals surface area contributed by atoms with E-state index < -0.39 is 16.7 Å². The Kier molecular flexibility index (Phi) is 6.73. The summed E-state index contributed by atoms with van der Waals surface area (Å²) in [5.74, 6) is -1.06. The molecular weight excluding hydrogens is 412 g/mol. The lowest BCUT2D eigenvalue weighted by Gasteiger charge is -2.07. The normalized spacial score (nSPS) is 10.8. The van der Waals surface area contributed by atoms with Gasteiger partial charge in [-0.05, 0) is 41.5 Å². The van der Waals surface area contributed by atoms with Crippen LogP contribution in [-0.4, -0.2) is 21.8 Å². The molecule has 0 atom stereocenters. The van der Waals surface area contributed by atoms with E-state index in [1.807, 2.05) is 6.07 Å². The van der Waals surface area contributed by atoms with Crippen molar-refractivity contribution in [3.05, 3.63) is 111 Å². The van der Waals surface area contributed by atoms with Crippen LogP contribution in [0.4, 0.5) is 5.69 Å². The lowest BCUT2D eigenvalue weighted by molar-refractivity contribution is -0.384. The Balaban J connectivity index is 1.69. The Labute approximate surface area is 182 Å². The van der Waals surface area contributed by atoms with Crippen LogP contribution in [0.25, 0.3) is 6.08 Å². The molecule has 0 saturated carbocycles. The lowest BCUT2D eigenvalue weighted by Crippen LogP contribution is -2.03. The van der Waals surface area contributed by atoms with E-state index in [-0.39, 0.29) is 29.0 Å². The predicted molar refractivity (Wildman–Crippen MR) is 115 cm³/mol. The molecule has 32 heavy (non-hydrogen) atoms.